The average molecular weight is 1780 g/mol. The molecule has 0 saturated carbocycles. The van der Waals surface area contributed by atoms with Gasteiger partial charge in [0.15, 0.2) is 0 Å². The molecule has 0 aliphatic rings. The molecule has 0 aromatic heterocycles. The number of hydrogen-bond donors (Lipinski definition) is 0. The van der Waals surface area contributed by atoms with Gasteiger partial charge in [-0.05, 0) is 5.92 Å². The summed E-state index contributed by atoms with van der Waals surface area (Å²) in [6, 6.07) is 0. The van der Waals surface area contributed by atoms with Crippen molar-refractivity contribution in [1.82, 2.24) is 0 Å². The molecule has 412 valence electrons. The molecular weight excluding hydrogens is 1740 g/mol. The monoisotopic (exact) mass is 1780 g/mol. The molecule has 0 spiro atoms. The summed E-state index contributed by atoms with van der Waals surface area (Å²) in [6.07, 6.45) is 3.81. The molecule has 0 aromatic rings. The molecule has 0 bridgehead atoms. The van der Waals surface area contributed by atoms with E-state index in [-0.39, 0.29) is 1470 Å². The minimum atomic E-state index is 0. The van der Waals surface area contributed by atoms with Gasteiger partial charge in [0.1, 0.15) is 0 Å². The summed E-state index contributed by atoms with van der Waals surface area (Å²) in [5.74, 6) is 0.884. The Morgan fingerprint density at radius 2 is 0.204 bits per heavy atom. The number of rotatable bonds is 1. The Morgan fingerprint density at radius 3 is 0.204 bits per heavy atom. The Morgan fingerprint density at radius 1 is 0.185 bits per heavy atom. The van der Waals surface area contributed by atoms with Crippen LogP contribution in [0.4, 0.5) is 0 Å². The summed E-state index contributed by atoms with van der Waals surface area (Å²) in [5.41, 5.74) is 0. The van der Waals surface area contributed by atoms with Crippen molar-refractivity contribution in [1.29, 1.82) is 0 Å². The summed E-state index contributed by atoms with van der Waals surface area (Å²) < 4.78 is 0. The quantitative estimate of drug-likeness (QED) is 0.268. The van der Waals surface area contributed by atoms with Gasteiger partial charge in [0.05, 0.1) is 0 Å². The second kappa shape index (κ2) is 344. The van der Waals surface area contributed by atoms with Crippen LogP contribution in [0.5, 0.6) is 0 Å². The van der Waals surface area contributed by atoms with Gasteiger partial charge in [-0.3, -0.25) is 0 Å². The minimum Gasteiger partial charge on any atom is -0.0683 e. The van der Waals surface area contributed by atoms with Gasteiger partial charge in [0, 0.05) is 1470 Å². The molecule has 0 amide bonds. The van der Waals surface area contributed by atoms with Gasteiger partial charge in [0.2, 0.25) is 0 Å². The van der Waals surface area contributed by atoms with Crippen LogP contribution in [0, 0.1) is 1480 Å². The van der Waals surface area contributed by atoms with Crippen LogP contribution in [0.1, 0.15) is 95.4 Å². The summed E-state index contributed by atoms with van der Waals surface area (Å²) in [5, 5.41) is 0. The van der Waals surface area contributed by atoms with Crippen molar-refractivity contribution in [2.24, 2.45) is 5.92 Å². The third-order valence-electron chi connectivity index (χ3n) is 0.816. The Hall–Kier alpha value is 49.1. The van der Waals surface area contributed by atoms with Crippen LogP contribution in [0.25, 0.3) is 0 Å². The topological polar surface area (TPSA) is 0 Å². The largest absolute Gasteiger partial charge is 0.0683 e. The standard InChI is InChI=1S/C5H12.2C3H8.2C2H6.39Ar/c1-4-5(2)3;2*1-3-2;2*1-2;;;;;;;;;;;;;;;;;;;;;;;;;;;;;;;;;;;;;;;/h5H,4H2,1-3H3;2*3H2,1-2H3;2*1-2H3;;;;;;;;;;;;;;;;;;;;;;;;;;;;;;;;;;;;;;;. The molecule has 0 aliphatic heterocycles. The van der Waals surface area contributed by atoms with Crippen molar-refractivity contribution in [3.63, 3.8) is 0 Å². The second-order valence-corrected chi connectivity index (χ2v) is 3.22. The Bertz CT molecular complexity index is 73.0. The van der Waals surface area contributed by atoms with E-state index in [0.717, 1.165) is 5.92 Å². The normalized spacial score (nSPS) is 1.78. The van der Waals surface area contributed by atoms with E-state index >= 15 is 0 Å². The Labute approximate surface area is 1510 Å². The first-order chi connectivity index (χ1) is 7.10. The maximum atomic E-state index is 2.22. The molecule has 0 N–H and O–H groups in total. The van der Waals surface area contributed by atoms with Gasteiger partial charge in [0.25, 0.3) is 0 Å². The predicted octanol–water partition coefficient (Wildman–Crippen LogP) is 6.94. The number of hydrogen-bond acceptors (Lipinski definition) is 0. The predicted molar refractivity (Wildman–Crippen MR) is 79.8 cm³/mol. The molecule has 0 aliphatic carbocycles. The van der Waals surface area contributed by atoms with E-state index in [1.54, 1.807) is 0 Å². The molecule has 0 rings (SSSR count). The molecule has 0 radical (unpaired) electrons. The molecule has 0 unspecified atom stereocenters. The zero-order valence-corrected chi connectivity index (χ0v) is 55.1. The maximum Gasteiger partial charge on any atom is 0 e. The summed E-state index contributed by atoms with van der Waals surface area (Å²) in [6.45, 7) is 23.1. The molecule has 0 heterocycles. The third-order valence-corrected chi connectivity index (χ3v) is 0.816. The first-order valence-corrected chi connectivity index (χ1v) is 7.10. The van der Waals surface area contributed by atoms with Gasteiger partial charge < -0.3 is 0 Å². The average Bonchev–Trinajstić information content (AvgIpc) is 2.26. The molecular formula is C15H40Ar39. The van der Waals surface area contributed by atoms with Crippen molar-refractivity contribution in [2.75, 3.05) is 0 Å². The molecule has 0 aromatic carbocycles. The van der Waals surface area contributed by atoms with E-state index < -0.39 is 0 Å². The zero-order chi connectivity index (χ0) is 13.7. The van der Waals surface area contributed by atoms with E-state index in [0.29, 0.717) is 0 Å². The Kier molecular flexibility index (Phi) is 1960. The second-order valence-electron chi connectivity index (χ2n) is 3.22. The van der Waals surface area contributed by atoms with E-state index in [2.05, 4.69) is 48.5 Å². The van der Waals surface area contributed by atoms with Crippen LogP contribution in [-0.2, 0) is 0 Å². The van der Waals surface area contributed by atoms with Crippen LogP contribution in [0.3, 0.4) is 0 Å². The molecule has 0 saturated heterocycles. The Balaban J connectivity index is -0.000000000473. The molecule has 39 heteroatoms. The van der Waals surface area contributed by atoms with Crippen LogP contribution < -0.4 is 0 Å². The van der Waals surface area contributed by atoms with Crippen molar-refractivity contribution in [2.45, 2.75) is 95.4 Å². The van der Waals surface area contributed by atoms with Crippen LogP contribution in [0.2, 0.25) is 0 Å². The molecule has 54 heavy (non-hydrogen) atoms. The van der Waals surface area contributed by atoms with Crippen LogP contribution in [0.15, 0.2) is 0 Å². The van der Waals surface area contributed by atoms with Gasteiger partial charge in [-0.15, -0.1) is 0 Å². The summed E-state index contributed by atoms with van der Waals surface area (Å²) in [4.78, 5) is 0. The van der Waals surface area contributed by atoms with Crippen molar-refractivity contribution in [3.8, 4) is 0 Å². The fourth-order valence-corrected chi connectivity index (χ4v) is 0. The first-order valence-electron chi connectivity index (χ1n) is 7.10. The third kappa shape index (κ3) is 388. The van der Waals surface area contributed by atoms with Crippen molar-refractivity contribution < 1.29 is 1470 Å². The van der Waals surface area contributed by atoms with Crippen molar-refractivity contribution in [3.05, 3.63) is 0 Å². The van der Waals surface area contributed by atoms with Crippen LogP contribution in [-0.4, -0.2) is 0 Å². The van der Waals surface area contributed by atoms with E-state index in [4.69, 9.17) is 0 Å². The van der Waals surface area contributed by atoms with Crippen molar-refractivity contribution >= 4 is 0 Å². The van der Waals surface area contributed by atoms with Gasteiger partial charge in [-0.2, -0.15) is 0 Å². The minimum absolute atomic E-state index is 0. The fourth-order valence-electron chi connectivity index (χ4n) is 0. The van der Waals surface area contributed by atoms with Gasteiger partial charge in [-0.25, -0.2) is 0 Å². The molecule has 0 fully saturated rings. The SMILES string of the molecule is CC.CC.CCC.CCC.CCC(C)C.[Ar].[Ar].[Ar].[Ar].[Ar].[Ar].[Ar].[Ar].[Ar].[Ar].[Ar].[Ar].[Ar].[Ar].[Ar].[Ar].[Ar].[Ar].[Ar].[Ar].[Ar].[Ar].[Ar].[Ar].[Ar].[Ar].[Ar].[Ar].[Ar].[Ar].[Ar].[Ar].[Ar].[Ar].[Ar].[Ar].[Ar].[Ar].[Ar]. The smallest absolute Gasteiger partial charge is 0 e. The fraction of sp³-hybridized carbons (Fsp3) is 1.00. The van der Waals surface area contributed by atoms with Gasteiger partial charge >= 0.3 is 0 Å². The summed E-state index contributed by atoms with van der Waals surface area (Å²) in [7, 11) is 0. The van der Waals surface area contributed by atoms with E-state index in [1.807, 2.05) is 27.7 Å². The summed E-state index contributed by atoms with van der Waals surface area (Å²) >= 11 is 0. The molecule has 0 atom stereocenters. The zero-order valence-electron chi connectivity index (χ0n) is 27.5. The van der Waals surface area contributed by atoms with E-state index in [1.165, 1.54) is 19.3 Å². The molecule has 0 nitrogen and oxygen atoms in total. The maximum absolute atomic E-state index is 2.22. The first kappa shape index (κ1) is 308. The van der Waals surface area contributed by atoms with E-state index in [9.17, 15) is 0 Å². The van der Waals surface area contributed by atoms with Gasteiger partial charge in [-0.1, -0.05) is 95.4 Å². The van der Waals surface area contributed by atoms with Crippen LogP contribution >= 0.6 is 0 Å².